The van der Waals surface area contributed by atoms with Gasteiger partial charge in [-0.1, -0.05) is 101 Å². The van der Waals surface area contributed by atoms with Crippen molar-refractivity contribution in [3.8, 4) is 11.8 Å². The molecule has 0 aliphatic carbocycles. The van der Waals surface area contributed by atoms with Gasteiger partial charge in [0.15, 0.2) is 0 Å². The zero-order valence-electron chi connectivity index (χ0n) is 45.8. The molecule has 3 aromatic carbocycles. The lowest BCUT2D eigenvalue weighted by molar-refractivity contribution is -0.158. The van der Waals surface area contributed by atoms with Crippen molar-refractivity contribution in [2.45, 2.75) is 121 Å². The van der Waals surface area contributed by atoms with E-state index in [1.807, 2.05) is 30.3 Å². The highest BCUT2D eigenvalue weighted by Gasteiger charge is 2.51. The molecule has 1 unspecified atom stereocenters. The average Bonchev–Trinajstić information content (AvgIpc) is 4.22. The van der Waals surface area contributed by atoms with E-state index in [0.717, 1.165) is 72.5 Å². The number of fused-ring (bicyclic) bond motifs is 2. The second-order valence-corrected chi connectivity index (χ2v) is 24.7. The predicted octanol–water partition coefficient (Wildman–Crippen LogP) is 5.99. The molecular weight excluding hydrogens is 1100 g/mol. The van der Waals surface area contributed by atoms with Gasteiger partial charge in [0, 0.05) is 54.8 Å². The Balaban J connectivity index is 0.806. The monoisotopic (exact) mass is 1170 g/mol. The molecule has 5 N–H and O–H groups in total. The molecule has 0 bridgehead atoms. The molecule has 4 aliphatic heterocycles. The van der Waals surface area contributed by atoms with Crippen molar-refractivity contribution < 1.29 is 71.0 Å². The summed E-state index contributed by atoms with van der Waals surface area (Å²) >= 11 is 0.928. The van der Waals surface area contributed by atoms with Crippen LogP contribution in [0.1, 0.15) is 145 Å². The molecule has 3 saturated heterocycles. The average molecular weight is 1170 g/mol. The Hall–Kier alpha value is -7.22. The second kappa shape index (κ2) is 25.9. The van der Waals surface area contributed by atoms with Crippen molar-refractivity contribution in [3.05, 3.63) is 105 Å². The highest BCUT2D eigenvalue weighted by molar-refractivity contribution is 7.52. The first-order valence-electron chi connectivity index (χ1n) is 27.4. The highest BCUT2D eigenvalue weighted by Crippen LogP contribution is 2.59. The van der Waals surface area contributed by atoms with E-state index in [4.69, 9.17) is 4.74 Å². The third-order valence-electron chi connectivity index (χ3n) is 15.0. The van der Waals surface area contributed by atoms with Crippen LogP contribution in [0.15, 0.2) is 72.8 Å². The minimum atomic E-state index is -5.87. The Bertz CT molecular complexity index is 3260. The number of thiophene rings is 1. The number of amides is 9. The molecule has 24 heteroatoms. The van der Waals surface area contributed by atoms with E-state index in [1.165, 1.54) is 28.0 Å². The van der Waals surface area contributed by atoms with Crippen LogP contribution in [0.5, 0.6) is 0 Å². The van der Waals surface area contributed by atoms with Crippen molar-refractivity contribution >= 4 is 82.2 Å². The van der Waals surface area contributed by atoms with Crippen LogP contribution in [-0.4, -0.2) is 147 Å². The van der Waals surface area contributed by atoms with E-state index in [-0.39, 0.29) is 73.6 Å². The molecule has 4 atom stereocenters. The van der Waals surface area contributed by atoms with Gasteiger partial charge >= 0.3 is 13.3 Å². The summed E-state index contributed by atoms with van der Waals surface area (Å²) in [5, 5.41) is 7.93. The van der Waals surface area contributed by atoms with E-state index in [2.05, 4.69) is 27.8 Å². The number of carbonyl (C=O) groups is 9. The minimum Gasteiger partial charge on any atom is -0.370 e. The predicted molar refractivity (Wildman–Crippen MR) is 297 cm³/mol. The van der Waals surface area contributed by atoms with Gasteiger partial charge < -0.3 is 39.9 Å². The van der Waals surface area contributed by atoms with Crippen molar-refractivity contribution in [2.75, 3.05) is 45.9 Å². The van der Waals surface area contributed by atoms with Crippen LogP contribution >= 0.6 is 18.9 Å². The summed E-state index contributed by atoms with van der Waals surface area (Å²) in [4.78, 5) is 144. The molecule has 20 nitrogen and oxygen atoms in total. The number of imide groups is 2. The molecule has 0 saturated carbocycles. The molecule has 9 amide bonds. The van der Waals surface area contributed by atoms with Gasteiger partial charge in [-0.05, 0) is 72.0 Å². The van der Waals surface area contributed by atoms with Gasteiger partial charge in [-0.3, -0.25) is 57.9 Å². The first kappa shape index (κ1) is 60.9. The molecule has 82 heavy (non-hydrogen) atoms. The number of alkyl halides is 2. The number of ether oxygens (including phenoxy) is 1. The van der Waals surface area contributed by atoms with Crippen molar-refractivity contribution in [3.63, 3.8) is 0 Å². The lowest BCUT2D eigenvalue weighted by Crippen LogP contribution is -2.66. The standard InChI is InChI=1S/C58H66F2N7O13PS/c1-57(2,3)50(63-52(72)46-32-38-31-39(20-23-45(38)82-46)58(59,60)81(77,78)79)56(76)66-27-26-64(34-43(66)55(75)65-28-29-80-44(35-65)37-17-13-11-14-18-37)49(70)33-48(69)61-25-15-10-8-6-4-5-7-9-12-16-36-19-21-40-41(30-36)54(74)67(53(40)73)42-22-24-47(68)62-51(42)71/h11,13-14,17-21,23,30-32,42-44,50H,4-10,15,22,24-29,33-35H2,1-3H3,(H,61,69)(H,63,72)(H,62,68,71)(H2,77,78,79)/t42?,43-,44-,50+/m0/s1. The molecule has 3 fully saturated rings. The van der Waals surface area contributed by atoms with Gasteiger partial charge in [-0.2, -0.15) is 8.78 Å². The third kappa shape index (κ3) is 14.2. The van der Waals surface area contributed by atoms with Crippen LogP contribution in [0.3, 0.4) is 0 Å². The lowest BCUT2D eigenvalue weighted by Gasteiger charge is -2.45. The lowest BCUT2D eigenvalue weighted by atomic mass is 9.85. The summed E-state index contributed by atoms with van der Waals surface area (Å²) in [6.07, 6.45) is 6.06. The number of nitrogens with zero attached hydrogens (tertiary/aromatic N) is 4. The van der Waals surface area contributed by atoms with Gasteiger partial charge in [0.2, 0.25) is 35.4 Å². The number of halogens is 2. The Kier molecular flexibility index (Phi) is 19.2. The fourth-order valence-corrected chi connectivity index (χ4v) is 11.8. The molecule has 8 rings (SSSR count). The SMILES string of the molecule is CC(C)(C)[C@H](NC(=O)c1cc2cc(C(F)(F)P(=O)(O)O)ccc2s1)C(=O)N1CCN(C(=O)CC(=O)NCCCCCCCCCC#Cc2ccc3c(c2)C(=O)N(C2CCC(=O)NC2=O)C3=O)C[C@H]1C(=O)N1CCO[C@H](c2ccccc2)C1. The van der Waals surface area contributed by atoms with Crippen molar-refractivity contribution in [2.24, 2.45) is 5.41 Å². The summed E-state index contributed by atoms with van der Waals surface area (Å²) in [6.45, 7) is 5.74. The van der Waals surface area contributed by atoms with Crippen molar-refractivity contribution in [1.82, 2.24) is 35.6 Å². The topological polar surface area (TPSA) is 269 Å². The zero-order valence-corrected chi connectivity index (χ0v) is 47.5. The number of nitrogens with one attached hydrogen (secondary N) is 3. The number of morpholine rings is 1. The smallest absolute Gasteiger partial charge is 0.370 e. The molecule has 5 heterocycles. The van der Waals surface area contributed by atoms with E-state index in [9.17, 15) is 66.3 Å². The number of piperazine rings is 1. The van der Waals surface area contributed by atoms with Gasteiger partial charge in [-0.15, -0.1) is 11.3 Å². The van der Waals surface area contributed by atoms with Gasteiger partial charge in [0.05, 0.1) is 35.7 Å². The van der Waals surface area contributed by atoms with Crippen LogP contribution < -0.4 is 16.0 Å². The largest absolute Gasteiger partial charge is 0.399 e. The maximum absolute atomic E-state index is 14.9. The zero-order chi connectivity index (χ0) is 59.1. The Morgan fingerprint density at radius 3 is 2.26 bits per heavy atom. The molecule has 4 aliphatic rings. The maximum Gasteiger partial charge on any atom is 0.399 e. The van der Waals surface area contributed by atoms with Gasteiger partial charge in [0.25, 0.3) is 17.7 Å². The maximum atomic E-state index is 14.9. The number of unbranched alkanes of at least 4 members (excludes halogenated alkanes) is 7. The number of rotatable bonds is 19. The molecule has 436 valence electrons. The summed E-state index contributed by atoms with van der Waals surface area (Å²) in [6, 6.07) is 14.9. The molecule has 0 spiro atoms. The van der Waals surface area contributed by atoms with Gasteiger partial charge in [0.1, 0.15) is 30.7 Å². The van der Waals surface area contributed by atoms with Crippen LogP contribution in [0.4, 0.5) is 8.78 Å². The fourth-order valence-electron chi connectivity index (χ4n) is 10.4. The Morgan fingerprint density at radius 2 is 1.55 bits per heavy atom. The Labute approximate surface area is 476 Å². The minimum absolute atomic E-state index is 0.0126. The van der Waals surface area contributed by atoms with E-state index in [0.29, 0.717) is 29.6 Å². The normalized spacial score (nSPS) is 19.1. The van der Waals surface area contributed by atoms with Crippen LogP contribution in [0, 0.1) is 17.3 Å². The molecule has 4 aromatic rings. The molecular formula is C58H66F2N7O13PS. The van der Waals surface area contributed by atoms with E-state index >= 15 is 0 Å². The quantitative estimate of drug-likeness (QED) is 0.0238. The first-order valence-corrected chi connectivity index (χ1v) is 29.8. The molecule has 0 radical (unpaired) electrons. The summed E-state index contributed by atoms with van der Waals surface area (Å²) in [5.74, 6) is 1.13. The second-order valence-electron chi connectivity index (χ2n) is 21.9. The number of piperidine rings is 1. The number of benzene rings is 3. The number of carbonyl (C=O) groups excluding carboxylic acids is 9. The Morgan fingerprint density at radius 1 is 0.841 bits per heavy atom. The first-order chi connectivity index (χ1) is 38.9. The van der Waals surface area contributed by atoms with E-state index in [1.54, 1.807) is 37.8 Å². The highest BCUT2D eigenvalue weighted by atomic mass is 32.1. The van der Waals surface area contributed by atoms with Crippen LogP contribution in [0.2, 0.25) is 0 Å². The summed E-state index contributed by atoms with van der Waals surface area (Å²) < 4.78 is 47.2. The summed E-state index contributed by atoms with van der Waals surface area (Å²) in [7, 11) is -5.87. The number of hydrogen-bond donors (Lipinski definition) is 5. The third-order valence-corrected chi connectivity index (χ3v) is 17.1. The van der Waals surface area contributed by atoms with E-state index < -0.39 is 108 Å². The summed E-state index contributed by atoms with van der Waals surface area (Å²) in [5.41, 5.74) is -4.55. The van der Waals surface area contributed by atoms with Gasteiger partial charge in [-0.25, -0.2) is 0 Å². The fraction of sp³-hybridized carbons (Fsp3) is 0.466. The number of hydrogen-bond acceptors (Lipinski definition) is 12. The molecule has 1 aromatic heterocycles. The van der Waals surface area contributed by atoms with Crippen LogP contribution in [-0.2, 0) is 43.7 Å². The van der Waals surface area contributed by atoms with Crippen LogP contribution in [0.25, 0.3) is 10.1 Å². The van der Waals surface area contributed by atoms with Crippen molar-refractivity contribution in [1.29, 1.82) is 0 Å².